The number of nitrogens with zero attached hydrogens (tertiary/aromatic N) is 2. The summed E-state index contributed by atoms with van der Waals surface area (Å²) in [6, 6.07) is 8.27. The van der Waals surface area contributed by atoms with Crippen molar-refractivity contribution in [3.8, 4) is 11.1 Å². The summed E-state index contributed by atoms with van der Waals surface area (Å²) in [5.41, 5.74) is 1.11. The highest BCUT2D eigenvalue weighted by atomic mass is 19.1. The number of halogens is 1. The first-order chi connectivity index (χ1) is 14.4. The number of carbonyl (C=O) groups excluding carboxylic acids is 2. The van der Waals surface area contributed by atoms with Crippen molar-refractivity contribution in [2.75, 3.05) is 0 Å². The second kappa shape index (κ2) is 7.70. The normalized spacial score (nSPS) is 23.0. The van der Waals surface area contributed by atoms with E-state index >= 15 is 0 Å². The first-order valence-corrected chi connectivity index (χ1v) is 9.55. The van der Waals surface area contributed by atoms with Crippen LogP contribution in [0, 0.1) is 11.7 Å². The molecular formula is C22H20FN3O4. The van der Waals surface area contributed by atoms with Gasteiger partial charge in [-0.2, -0.15) is 4.99 Å². The lowest BCUT2D eigenvalue weighted by atomic mass is 9.84. The Balaban J connectivity index is 1.52. The maximum absolute atomic E-state index is 14.6. The maximum Gasteiger partial charge on any atom is 0.332 e. The number of carbonyl (C=O) groups is 2. The van der Waals surface area contributed by atoms with E-state index in [1.807, 2.05) is 6.92 Å². The van der Waals surface area contributed by atoms with Gasteiger partial charge in [0.2, 0.25) is 11.6 Å². The van der Waals surface area contributed by atoms with Crippen LogP contribution in [0.4, 0.5) is 4.39 Å². The molecule has 2 aliphatic rings. The molecule has 7 nitrogen and oxygen atoms in total. The third kappa shape index (κ3) is 3.68. The van der Waals surface area contributed by atoms with Crippen molar-refractivity contribution in [3.63, 3.8) is 0 Å². The number of benzene rings is 1. The van der Waals surface area contributed by atoms with Crippen LogP contribution in [0.2, 0.25) is 0 Å². The van der Waals surface area contributed by atoms with Gasteiger partial charge in [0.05, 0.1) is 0 Å². The van der Waals surface area contributed by atoms with Crippen LogP contribution in [0.3, 0.4) is 0 Å². The molecule has 0 radical (unpaired) electrons. The van der Waals surface area contributed by atoms with E-state index in [0.29, 0.717) is 23.1 Å². The summed E-state index contributed by atoms with van der Waals surface area (Å²) in [4.78, 5) is 32.7. The van der Waals surface area contributed by atoms with E-state index in [-0.39, 0.29) is 18.5 Å². The fourth-order valence-corrected chi connectivity index (χ4v) is 3.69. The molecule has 0 fully saturated rings. The molecule has 8 heteroatoms. The summed E-state index contributed by atoms with van der Waals surface area (Å²) in [6.45, 7) is 3.27. The minimum Gasteiger partial charge on any atom is -0.460 e. The molecule has 2 aromatic rings. The zero-order chi connectivity index (χ0) is 21.3. The third-order valence-corrected chi connectivity index (χ3v) is 5.17. The van der Waals surface area contributed by atoms with Crippen LogP contribution in [0.15, 0.2) is 59.4 Å². The topological polar surface area (TPSA) is 89.9 Å². The lowest BCUT2D eigenvalue weighted by Crippen LogP contribution is -2.56. The molecule has 0 saturated heterocycles. The Bertz CT molecular complexity index is 1070. The molecule has 2 aliphatic heterocycles. The first kappa shape index (κ1) is 19.8. The molecular weight excluding hydrogens is 389 g/mol. The van der Waals surface area contributed by atoms with Gasteiger partial charge in [0.25, 0.3) is 6.02 Å². The lowest BCUT2D eigenvalue weighted by molar-refractivity contribution is -0.162. The molecule has 4 rings (SSSR count). The fraction of sp³-hybridized carbons (Fsp3) is 0.273. The zero-order valence-electron chi connectivity index (χ0n) is 16.5. The average Bonchev–Trinajstić information content (AvgIpc) is 2.71. The Morgan fingerprint density at radius 1 is 1.20 bits per heavy atom. The van der Waals surface area contributed by atoms with Gasteiger partial charge < -0.3 is 9.47 Å². The van der Waals surface area contributed by atoms with E-state index < -0.39 is 23.4 Å². The Morgan fingerprint density at radius 2 is 1.97 bits per heavy atom. The molecule has 0 saturated carbocycles. The van der Waals surface area contributed by atoms with E-state index in [1.165, 1.54) is 12.1 Å². The van der Waals surface area contributed by atoms with Gasteiger partial charge in [-0.05, 0) is 48.2 Å². The molecule has 1 amide bonds. The van der Waals surface area contributed by atoms with Crippen LogP contribution < -0.4 is 5.32 Å². The number of hydrogen-bond acceptors (Lipinski definition) is 6. The summed E-state index contributed by atoms with van der Waals surface area (Å²) in [7, 11) is 0. The standard InChI is InChI=1S/C22H20FN3O4/c1-3-13-11-18(27)30-22(2)19(13)20(28)25-21(26-22)29-12-16-5-4-15(10-17(16)23)14-6-8-24-9-7-14/h4-11,19H,3,12H2,1-2H3,(H,25,26,28). The zero-order valence-corrected chi connectivity index (χ0v) is 16.5. The number of amides is 1. The van der Waals surface area contributed by atoms with Gasteiger partial charge in [-0.15, -0.1) is 0 Å². The molecule has 2 unspecified atom stereocenters. The summed E-state index contributed by atoms with van der Waals surface area (Å²) in [5, 5.41) is 2.57. The molecule has 0 bridgehead atoms. The van der Waals surface area contributed by atoms with Gasteiger partial charge in [0, 0.05) is 24.0 Å². The second-order valence-electron chi connectivity index (χ2n) is 7.22. The molecule has 0 spiro atoms. The minimum atomic E-state index is -1.39. The molecule has 1 aromatic heterocycles. The van der Waals surface area contributed by atoms with Crippen LogP contribution in [-0.2, 0) is 25.7 Å². The lowest BCUT2D eigenvalue weighted by Gasteiger charge is -2.39. The van der Waals surface area contributed by atoms with E-state index in [9.17, 15) is 14.0 Å². The van der Waals surface area contributed by atoms with Crippen molar-refractivity contribution >= 4 is 17.9 Å². The van der Waals surface area contributed by atoms with Crippen LogP contribution >= 0.6 is 0 Å². The smallest absolute Gasteiger partial charge is 0.332 e. The van der Waals surface area contributed by atoms with Gasteiger partial charge in [-0.25, -0.2) is 9.18 Å². The van der Waals surface area contributed by atoms with Gasteiger partial charge in [-0.3, -0.25) is 15.1 Å². The summed E-state index contributed by atoms with van der Waals surface area (Å²) in [5.74, 6) is -2.10. The Morgan fingerprint density at radius 3 is 2.67 bits per heavy atom. The number of esters is 1. The predicted octanol–water partition coefficient (Wildman–Crippen LogP) is 3.12. The number of fused-ring (bicyclic) bond motifs is 1. The molecule has 2 atom stereocenters. The monoisotopic (exact) mass is 409 g/mol. The number of aromatic nitrogens is 1. The van der Waals surface area contributed by atoms with Crippen molar-refractivity contribution in [3.05, 3.63) is 65.8 Å². The summed E-state index contributed by atoms with van der Waals surface area (Å²) < 4.78 is 25.4. The van der Waals surface area contributed by atoms with Crippen molar-refractivity contribution in [1.82, 2.24) is 10.3 Å². The van der Waals surface area contributed by atoms with Crippen LogP contribution in [0.5, 0.6) is 0 Å². The van der Waals surface area contributed by atoms with E-state index in [1.54, 1.807) is 43.6 Å². The molecule has 0 aliphatic carbocycles. The number of pyridine rings is 1. The molecule has 3 heterocycles. The highest BCUT2D eigenvalue weighted by molar-refractivity contribution is 6.01. The van der Waals surface area contributed by atoms with E-state index in [4.69, 9.17) is 9.47 Å². The Labute approximate surface area is 172 Å². The van der Waals surface area contributed by atoms with Gasteiger partial charge >= 0.3 is 5.97 Å². The Hall–Kier alpha value is -3.55. The molecule has 1 N–H and O–H groups in total. The largest absolute Gasteiger partial charge is 0.460 e. The highest BCUT2D eigenvalue weighted by Crippen LogP contribution is 2.37. The number of aliphatic imine (C=N–C) groups is 1. The number of rotatable bonds is 4. The van der Waals surface area contributed by atoms with Crippen molar-refractivity contribution in [2.45, 2.75) is 32.6 Å². The number of nitrogens with one attached hydrogen (secondary N) is 1. The Kier molecular flexibility index (Phi) is 5.07. The van der Waals surface area contributed by atoms with Gasteiger partial charge in [0.15, 0.2) is 0 Å². The van der Waals surface area contributed by atoms with Crippen LogP contribution in [0.25, 0.3) is 11.1 Å². The minimum absolute atomic E-state index is 0.110. The summed E-state index contributed by atoms with van der Waals surface area (Å²) >= 11 is 0. The maximum atomic E-state index is 14.6. The fourth-order valence-electron chi connectivity index (χ4n) is 3.69. The van der Waals surface area contributed by atoms with Crippen molar-refractivity contribution < 1.29 is 23.5 Å². The predicted molar refractivity (Wildman–Crippen MR) is 106 cm³/mol. The highest BCUT2D eigenvalue weighted by Gasteiger charge is 2.50. The second-order valence-corrected chi connectivity index (χ2v) is 7.22. The van der Waals surface area contributed by atoms with E-state index in [2.05, 4.69) is 15.3 Å². The quantitative estimate of drug-likeness (QED) is 0.784. The number of ether oxygens (including phenoxy) is 2. The van der Waals surface area contributed by atoms with Crippen LogP contribution in [0.1, 0.15) is 25.8 Å². The van der Waals surface area contributed by atoms with E-state index in [0.717, 1.165) is 5.56 Å². The molecule has 1 aromatic carbocycles. The molecule has 30 heavy (non-hydrogen) atoms. The van der Waals surface area contributed by atoms with Crippen molar-refractivity contribution in [1.29, 1.82) is 0 Å². The SMILES string of the molecule is CCC1=CC(=O)OC2(C)N=C(OCc3ccc(-c4ccncc4)cc3F)NC(=O)C12. The summed E-state index contributed by atoms with van der Waals surface area (Å²) in [6.07, 6.45) is 5.12. The number of hydrogen-bond donors (Lipinski definition) is 1. The van der Waals surface area contributed by atoms with Crippen molar-refractivity contribution in [2.24, 2.45) is 10.9 Å². The third-order valence-electron chi connectivity index (χ3n) is 5.17. The average molecular weight is 409 g/mol. The molecule has 154 valence electrons. The number of amidine groups is 1. The first-order valence-electron chi connectivity index (χ1n) is 9.55. The van der Waals surface area contributed by atoms with Gasteiger partial charge in [0.1, 0.15) is 18.3 Å². The van der Waals surface area contributed by atoms with Crippen LogP contribution in [-0.4, -0.2) is 28.6 Å². The van der Waals surface area contributed by atoms with Gasteiger partial charge in [-0.1, -0.05) is 19.1 Å².